The summed E-state index contributed by atoms with van der Waals surface area (Å²) >= 11 is 5.93. The maximum Gasteiger partial charge on any atom is 0.193 e. The van der Waals surface area contributed by atoms with E-state index in [4.69, 9.17) is 22.1 Å². The Balaban J connectivity index is 1.93. The Morgan fingerprint density at radius 3 is 2.59 bits per heavy atom. The molecular weight excluding hydrogens is 298 g/mol. The van der Waals surface area contributed by atoms with Crippen LogP contribution in [0.1, 0.15) is 19.4 Å². The normalized spacial score (nSPS) is 11.5. The number of aliphatic imine (C=N–C) groups is 1. The predicted octanol–water partition coefficient (Wildman–Crippen LogP) is 4.05. The highest BCUT2D eigenvalue weighted by Crippen LogP contribution is 2.17. The Morgan fingerprint density at radius 2 is 1.95 bits per heavy atom. The summed E-state index contributed by atoms with van der Waals surface area (Å²) in [7, 11) is 0. The number of guanidine groups is 1. The van der Waals surface area contributed by atoms with Crippen LogP contribution in [0.4, 0.5) is 5.69 Å². The molecule has 3 N–H and O–H groups in total. The molecule has 0 aliphatic heterocycles. The lowest BCUT2D eigenvalue weighted by molar-refractivity contribution is 0.242. The van der Waals surface area contributed by atoms with Gasteiger partial charge in [0.05, 0.1) is 12.6 Å². The van der Waals surface area contributed by atoms with Crippen LogP contribution in [0.3, 0.4) is 0 Å². The summed E-state index contributed by atoms with van der Waals surface area (Å²) in [6.07, 6.45) is 0.156. The molecule has 0 bridgehead atoms. The quantitative estimate of drug-likeness (QED) is 0.646. The first-order valence-corrected chi connectivity index (χ1v) is 7.49. The van der Waals surface area contributed by atoms with Gasteiger partial charge in [0.2, 0.25) is 0 Å². The molecule has 0 unspecified atom stereocenters. The summed E-state index contributed by atoms with van der Waals surface area (Å²) in [6, 6.07) is 15.1. The molecule has 0 radical (unpaired) electrons. The smallest absolute Gasteiger partial charge is 0.193 e. The Morgan fingerprint density at radius 1 is 1.23 bits per heavy atom. The molecule has 22 heavy (non-hydrogen) atoms. The molecule has 0 saturated carbocycles. The standard InChI is InChI=1S/C17H20ClN3O/c1-12(2)22-16-8-6-15(7-9-16)21-17(19)20-11-13-4-3-5-14(18)10-13/h3-10,12H,11H2,1-2H3,(H3,19,20,21). The average Bonchev–Trinajstić information content (AvgIpc) is 2.47. The highest BCUT2D eigenvalue weighted by molar-refractivity contribution is 6.30. The number of rotatable bonds is 5. The van der Waals surface area contributed by atoms with E-state index in [0.29, 0.717) is 17.5 Å². The topological polar surface area (TPSA) is 59.6 Å². The van der Waals surface area contributed by atoms with Crippen LogP contribution in [0.25, 0.3) is 0 Å². The number of hydrogen-bond acceptors (Lipinski definition) is 2. The summed E-state index contributed by atoms with van der Waals surface area (Å²) in [5.74, 6) is 1.19. The number of halogens is 1. The van der Waals surface area contributed by atoms with Crippen molar-refractivity contribution in [3.8, 4) is 5.75 Å². The molecule has 5 heteroatoms. The zero-order valence-corrected chi connectivity index (χ0v) is 13.5. The van der Waals surface area contributed by atoms with Crippen molar-refractivity contribution >= 4 is 23.2 Å². The number of nitrogens with two attached hydrogens (primary N) is 1. The van der Waals surface area contributed by atoms with Gasteiger partial charge in [-0.3, -0.25) is 0 Å². The molecule has 0 aromatic heterocycles. The van der Waals surface area contributed by atoms with Crippen molar-refractivity contribution in [2.45, 2.75) is 26.5 Å². The van der Waals surface area contributed by atoms with E-state index in [-0.39, 0.29) is 6.10 Å². The molecule has 2 aromatic carbocycles. The van der Waals surface area contributed by atoms with Gasteiger partial charge in [-0.1, -0.05) is 23.7 Å². The van der Waals surface area contributed by atoms with Gasteiger partial charge in [-0.05, 0) is 55.8 Å². The number of hydrogen-bond donors (Lipinski definition) is 2. The largest absolute Gasteiger partial charge is 0.491 e. The van der Waals surface area contributed by atoms with E-state index in [1.165, 1.54) is 0 Å². The van der Waals surface area contributed by atoms with Crippen LogP contribution in [-0.4, -0.2) is 12.1 Å². The van der Waals surface area contributed by atoms with Gasteiger partial charge in [-0.2, -0.15) is 0 Å². The molecule has 4 nitrogen and oxygen atoms in total. The van der Waals surface area contributed by atoms with E-state index in [9.17, 15) is 0 Å². The van der Waals surface area contributed by atoms with Crippen LogP contribution in [0, 0.1) is 0 Å². The van der Waals surface area contributed by atoms with Gasteiger partial charge >= 0.3 is 0 Å². The van der Waals surface area contributed by atoms with Crippen molar-refractivity contribution in [3.05, 3.63) is 59.1 Å². The second-order valence-electron chi connectivity index (χ2n) is 5.15. The minimum absolute atomic E-state index is 0.156. The third-order valence-electron chi connectivity index (χ3n) is 2.82. The maximum atomic E-state index is 5.93. The molecule has 0 atom stereocenters. The fourth-order valence-corrected chi connectivity index (χ4v) is 2.10. The highest BCUT2D eigenvalue weighted by atomic mass is 35.5. The fourth-order valence-electron chi connectivity index (χ4n) is 1.89. The molecule has 0 fully saturated rings. The molecule has 0 heterocycles. The summed E-state index contributed by atoms with van der Waals surface area (Å²) in [4.78, 5) is 4.30. The molecule has 0 aliphatic rings. The minimum atomic E-state index is 0.156. The van der Waals surface area contributed by atoms with Crippen LogP contribution >= 0.6 is 11.6 Å². The van der Waals surface area contributed by atoms with Gasteiger partial charge in [0.15, 0.2) is 5.96 Å². The second-order valence-corrected chi connectivity index (χ2v) is 5.58. The molecule has 0 amide bonds. The molecule has 2 rings (SSSR count). The van der Waals surface area contributed by atoms with Crippen LogP contribution in [-0.2, 0) is 6.54 Å². The molecule has 0 spiro atoms. The van der Waals surface area contributed by atoms with E-state index in [2.05, 4.69) is 10.3 Å². The number of anilines is 1. The molecule has 0 aliphatic carbocycles. The van der Waals surface area contributed by atoms with Gasteiger partial charge in [0.25, 0.3) is 0 Å². The zero-order chi connectivity index (χ0) is 15.9. The first-order valence-electron chi connectivity index (χ1n) is 7.11. The molecule has 2 aromatic rings. The third-order valence-corrected chi connectivity index (χ3v) is 3.05. The van der Waals surface area contributed by atoms with Gasteiger partial charge in [-0.15, -0.1) is 0 Å². The summed E-state index contributed by atoms with van der Waals surface area (Å²) in [5, 5.41) is 3.74. The number of nitrogens with one attached hydrogen (secondary N) is 1. The molecule has 116 valence electrons. The summed E-state index contributed by atoms with van der Waals surface area (Å²) in [6.45, 7) is 4.47. The SMILES string of the molecule is CC(C)Oc1ccc(NC(N)=NCc2cccc(Cl)c2)cc1. The number of nitrogens with zero attached hydrogens (tertiary/aromatic N) is 1. The van der Waals surface area contributed by atoms with Crippen molar-refractivity contribution in [2.75, 3.05) is 5.32 Å². The lowest BCUT2D eigenvalue weighted by Crippen LogP contribution is -2.22. The van der Waals surface area contributed by atoms with Gasteiger partial charge < -0.3 is 15.8 Å². The Kier molecular flexibility index (Phi) is 5.67. The summed E-state index contributed by atoms with van der Waals surface area (Å²) < 4.78 is 5.59. The van der Waals surface area contributed by atoms with E-state index in [1.807, 2.05) is 62.4 Å². The van der Waals surface area contributed by atoms with Crippen molar-refractivity contribution in [2.24, 2.45) is 10.7 Å². The van der Waals surface area contributed by atoms with Crippen LogP contribution < -0.4 is 15.8 Å². The van der Waals surface area contributed by atoms with Gasteiger partial charge in [0, 0.05) is 10.7 Å². The third kappa shape index (κ3) is 5.30. The van der Waals surface area contributed by atoms with Crippen molar-refractivity contribution in [1.82, 2.24) is 0 Å². The van der Waals surface area contributed by atoms with Gasteiger partial charge in [0.1, 0.15) is 5.75 Å². The maximum absolute atomic E-state index is 5.93. The molecular formula is C17H20ClN3O. The van der Waals surface area contributed by atoms with Crippen molar-refractivity contribution in [3.63, 3.8) is 0 Å². The lowest BCUT2D eigenvalue weighted by atomic mass is 10.2. The average molecular weight is 318 g/mol. The Labute approximate surface area is 136 Å². The second kappa shape index (κ2) is 7.71. The monoisotopic (exact) mass is 317 g/mol. The number of benzene rings is 2. The zero-order valence-electron chi connectivity index (χ0n) is 12.7. The van der Waals surface area contributed by atoms with E-state index >= 15 is 0 Å². The Hall–Kier alpha value is -2.20. The minimum Gasteiger partial charge on any atom is -0.491 e. The highest BCUT2D eigenvalue weighted by Gasteiger charge is 1.99. The predicted molar refractivity (Wildman–Crippen MR) is 92.6 cm³/mol. The molecule has 0 saturated heterocycles. The van der Waals surface area contributed by atoms with Crippen LogP contribution in [0.2, 0.25) is 5.02 Å². The van der Waals surface area contributed by atoms with Crippen LogP contribution in [0.5, 0.6) is 5.75 Å². The lowest BCUT2D eigenvalue weighted by Gasteiger charge is -2.11. The first kappa shape index (κ1) is 16.2. The van der Waals surface area contributed by atoms with Crippen LogP contribution in [0.15, 0.2) is 53.5 Å². The summed E-state index contributed by atoms with van der Waals surface area (Å²) in [5.41, 5.74) is 7.76. The number of ether oxygens (including phenoxy) is 1. The fraction of sp³-hybridized carbons (Fsp3) is 0.235. The Bertz CT molecular complexity index is 639. The van der Waals surface area contributed by atoms with E-state index < -0.39 is 0 Å². The van der Waals surface area contributed by atoms with E-state index in [0.717, 1.165) is 17.0 Å². The van der Waals surface area contributed by atoms with Gasteiger partial charge in [-0.25, -0.2) is 4.99 Å². The van der Waals surface area contributed by atoms with E-state index in [1.54, 1.807) is 0 Å². The van der Waals surface area contributed by atoms with Crippen molar-refractivity contribution < 1.29 is 4.74 Å². The van der Waals surface area contributed by atoms with Crippen molar-refractivity contribution in [1.29, 1.82) is 0 Å². The first-order chi connectivity index (χ1) is 10.5.